The fourth-order valence-electron chi connectivity index (χ4n) is 1.44. The third-order valence-corrected chi connectivity index (χ3v) is 5.27. The lowest BCUT2D eigenvalue weighted by atomic mass is 10.2. The minimum atomic E-state index is -2.31. The highest BCUT2D eigenvalue weighted by Gasteiger charge is 2.36. The summed E-state index contributed by atoms with van der Waals surface area (Å²) in [6.07, 6.45) is 8.95. The van der Waals surface area contributed by atoms with Gasteiger partial charge in [-0.3, -0.25) is 0 Å². The van der Waals surface area contributed by atoms with Crippen LogP contribution in [0.3, 0.4) is 0 Å². The molecule has 0 N–H and O–H groups in total. The van der Waals surface area contributed by atoms with Gasteiger partial charge in [0, 0.05) is 27.4 Å². The summed E-state index contributed by atoms with van der Waals surface area (Å²) in [5.74, 6) is 0. The van der Waals surface area contributed by atoms with Crippen LogP contribution in [0, 0.1) is 0 Å². The van der Waals surface area contributed by atoms with E-state index in [0.29, 0.717) is 0 Å². The Morgan fingerprint density at radius 1 is 0.933 bits per heavy atom. The van der Waals surface area contributed by atoms with Crippen molar-refractivity contribution < 1.29 is 13.3 Å². The summed E-state index contributed by atoms with van der Waals surface area (Å²) in [5.41, 5.74) is 0. The van der Waals surface area contributed by atoms with Crippen molar-refractivity contribution in [2.45, 2.75) is 38.7 Å². The molecule has 3 nitrogen and oxygen atoms in total. The van der Waals surface area contributed by atoms with Crippen LogP contribution in [0.15, 0.2) is 12.2 Å². The number of allylic oxidation sites excluding steroid dienone is 2. The molecule has 0 amide bonds. The van der Waals surface area contributed by atoms with Gasteiger partial charge in [-0.15, -0.1) is 0 Å². The Labute approximate surface area is 94.8 Å². The Morgan fingerprint density at radius 3 is 2.00 bits per heavy atom. The van der Waals surface area contributed by atoms with E-state index in [4.69, 9.17) is 13.3 Å². The monoisotopic (exact) mass is 232 g/mol. The molecule has 0 spiro atoms. The molecular formula is C11H24O3Si. The van der Waals surface area contributed by atoms with Crippen molar-refractivity contribution in [3.63, 3.8) is 0 Å². The highest BCUT2D eigenvalue weighted by atomic mass is 28.4. The van der Waals surface area contributed by atoms with Gasteiger partial charge in [0.05, 0.1) is 0 Å². The zero-order valence-electron chi connectivity index (χ0n) is 10.4. The summed E-state index contributed by atoms with van der Waals surface area (Å²) < 4.78 is 16.0. The molecule has 0 aromatic rings. The second kappa shape index (κ2) is 9.09. The molecule has 0 heterocycles. The van der Waals surface area contributed by atoms with Crippen molar-refractivity contribution >= 4 is 8.80 Å². The first-order valence-electron chi connectivity index (χ1n) is 5.55. The number of rotatable bonds is 9. The summed E-state index contributed by atoms with van der Waals surface area (Å²) in [7, 11) is 2.68. The summed E-state index contributed by atoms with van der Waals surface area (Å²) in [4.78, 5) is 0. The van der Waals surface area contributed by atoms with Crippen LogP contribution in [0.4, 0.5) is 0 Å². The van der Waals surface area contributed by atoms with Crippen molar-refractivity contribution in [1.29, 1.82) is 0 Å². The molecule has 0 aromatic heterocycles. The SMILES string of the molecule is CC/C=C/CCCC[Si](OC)(OC)OC. The van der Waals surface area contributed by atoms with Gasteiger partial charge in [0.1, 0.15) is 0 Å². The zero-order valence-corrected chi connectivity index (χ0v) is 11.4. The molecule has 90 valence electrons. The molecule has 15 heavy (non-hydrogen) atoms. The number of hydrogen-bond acceptors (Lipinski definition) is 3. The molecular weight excluding hydrogens is 208 g/mol. The highest BCUT2D eigenvalue weighted by molar-refractivity contribution is 6.60. The minimum Gasteiger partial charge on any atom is -0.377 e. The molecule has 0 saturated carbocycles. The van der Waals surface area contributed by atoms with E-state index < -0.39 is 8.80 Å². The van der Waals surface area contributed by atoms with E-state index in [1.165, 1.54) is 6.42 Å². The minimum absolute atomic E-state index is 0.899. The smallest absolute Gasteiger partial charge is 0.377 e. The Kier molecular flexibility index (Phi) is 8.99. The van der Waals surface area contributed by atoms with Crippen molar-refractivity contribution in [1.82, 2.24) is 0 Å². The molecule has 0 aliphatic heterocycles. The van der Waals surface area contributed by atoms with Gasteiger partial charge in [-0.1, -0.05) is 19.1 Å². The van der Waals surface area contributed by atoms with Crippen LogP contribution in [0.25, 0.3) is 0 Å². The van der Waals surface area contributed by atoms with Gasteiger partial charge in [0.25, 0.3) is 0 Å². The topological polar surface area (TPSA) is 27.7 Å². The van der Waals surface area contributed by atoms with E-state index in [1.54, 1.807) is 21.3 Å². The molecule has 0 unspecified atom stereocenters. The molecule has 0 bridgehead atoms. The molecule has 0 saturated heterocycles. The lowest BCUT2D eigenvalue weighted by Gasteiger charge is -2.24. The van der Waals surface area contributed by atoms with Gasteiger partial charge in [-0.25, -0.2) is 0 Å². The van der Waals surface area contributed by atoms with E-state index in [9.17, 15) is 0 Å². The molecule has 0 fully saturated rings. The lowest BCUT2D eigenvalue weighted by molar-refractivity contribution is 0.123. The van der Waals surface area contributed by atoms with Crippen LogP contribution >= 0.6 is 0 Å². The van der Waals surface area contributed by atoms with E-state index >= 15 is 0 Å². The molecule has 0 radical (unpaired) electrons. The van der Waals surface area contributed by atoms with E-state index in [2.05, 4.69) is 19.1 Å². The van der Waals surface area contributed by atoms with Crippen molar-refractivity contribution in [2.75, 3.05) is 21.3 Å². The van der Waals surface area contributed by atoms with Gasteiger partial charge in [-0.05, 0) is 25.7 Å². The molecule has 0 atom stereocenters. The maximum Gasteiger partial charge on any atom is 0.500 e. The van der Waals surface area contributed by atoms with Crippen LogP contribution in [-0.2, 0) is 13.3 Å². The summed E-state index contributed by atoms with van der Waals surface area (Å²) in [5, 5.41) is 0. The van der Waals surface area contributed by atoms with Crippen molar-refractivity contribution in [2.24, 2.45) is 0 Å². The standard InChI is InChI=1S/C11H24O3Si/c1-5-6-7-8-9-10-11-15(12-2,13-3)14-4/h6-7H,5,8-11H2,1-4H3/b7-6+. The molecule has 0 aliphatic carbocycles. The number of hydrogen-bond donors (Lipinski definition) is 0. The van der Waals surface area contributed by atoms with Crippen molar-refractivity contribution in [3.8, 4) is 0 Å². The Morgan fingerprint density at radius 2 is 1.53 bits per heavy atom. The predicted molar refractivity (Wildman–Crippen MR) is 64.9 cm³/mol. The lowest BCUT2D eigenvalue weighted by Crippen LogP contribution is -2.42. The normalized spacial score (nSPS) is 12.5. The second-order valence-corrected chi connectivity index (χ2v) is 6.51. The summed E-state index contributed by atoms with van der Waals surface area (Å²) in [6.45, 7) is 2.15. The molecule has 0 aliphatic rings. The fraction of sp³-hybridized carbons (Fsp3) is 0.818. The first-order chi connectivity index (χ1) is 7.24. The fourth-order valence-corrected chi connectivity index (χ4v) is 3.24. The first kappa shape index (κ1) is 14.8. The predicted octanol–water partition coefficient (Wildman–Crippen LogP) is 3.00. The quantitative estimate of drug-likeness (QED) is 0.347. The van der Waals surface area contributed by atoms with Gasteiger partial charge in [0.15, 0.2) is 0 Å². The Bertz CT molecular complexity index is 159. The maximum atomic E-state index is 5.34. The third kappa shape index (κ3) is 6.09. The first-order valence-corrected chi connectivity index (χ1v) is 7.48. The Balaban J connectivity index is 3.67. The number of unbranched alkanes of at least 4 members (excludes halogenated alkanes) is 2. The Hall–Kier alpha value is -0.163. The summed E-state index contributed by atoms with van der Waals surface area (Å²) in [6, 6.07) is 0.899. The third-order valence-electron chi connectivity index (χ3n) is 2.44. The van der Waals surface area contributed by atoms with Crippen molar-refractivity contribution in [3.05, 3.63) is 12.2 Å². The average Bonchev–Trinajstić information content (AvgIpc) is 2.29. The maximum absolute atomic E-state index is 5.34. The van der Waals surface area contributed by atoms with Crippen LogP contribution in [0.2, 0.25) is 6.04 Å². The van der Waals surface area contributed by atoms with Crippen LogP contribution in [0.1, 0.15) is 32.6 Å². The van der Waals surface area contributed by atoms with Crippen LogP contribution < -0.4 is 0 Å². The van der Waals surface area contributed by atoms with Gasteiger partial charge in [0.2, 0.25) is 0 Å². The van der Waals surface area contributed by atoms with E-state index in [0.717, 1.165) is 25.3 Å². The van der Waals surface area contributed by atoms with Gasteiger partial charge >= 0.3 is 8.80 Å². The van der Waals surface area contributed by atoms with Crippen LogP contribution in [-0.4, -0.2) is 30.1 Å². The van der Waals surface area contributed by atoms with E-state index in [1.807, 2.05) is 0 Å². The molecule has 0 rings (SSSR count). The molecule has 0 aromatic carbocycles. The van der Waals surface area contributed by atoms with Crippen LogP contribution in [0.5, 0.6) is 0 Å². The largest absolute Gasteiger partial charge is 0.500 e. The zero-order chi connectivity index (χ0) is 11.6. The average molecular weight is 232 g/mol. The highest BCUT2D eigenvalue weighted by Crippen LogP contribution is 2.17. The second-order valence-electron chi connectivity index (χ2n) is 3.42. The van der Waals surface area contributed by atoms with Gasteiger partial charge < -0.3 is 13.3 Å². The van der Waals surface area contributed by atoms with Gasteiger partial charge in [-0.2, -0.15) is 0 Å². The molecule has 4 heteroatoms. The summed E-state index contributed by atoms with van der Waals surface area (Å²) >= 11 is 0. The van der Waals surface area contributed by atoms with E-state index in [-0.39, 0.29) is 0 Å².